The Bertz CT molecular complexity index is 327. The Labute approximate surface area is 96.0 Å². The third kappa shape index (κ3) is 3.64. The summed E-state index contributed by atoms with van der Waals surface area (Å²) < 4.78 is 4.90. The van der Waals surface area contributed by atoms with E-state index in [1.54, 1.807) is 13.8 Å². The topological polar surface area (TPSA) is 55.6 Å². The molecule has 1 atom stereocenters. The van der Waals surface area contributed by atoms with Gasteiger partial charge in [-0.1, -0.05) is 30.3 Å². The molecule has 0 spiro atoms. The first-order valence-corrected chi connectivity index (χ1v) is 5.37. The van der Waals surface area contributed by atoms with Gasteiger partial charge in [0.2, 0.25) is 0 Å². The standard InChI is InChI=1S/C12H18N2O2/c1-3-16-12(15)10(2)14(13)9-11-7-5-4-6-8-11/h4-8,10H,3,9,13H2,1-2H3. The minimum atomic E-state index is -0.430. The summed E-state index contributed by atoms with van der Waals surface area (Å²) in [4.78, 5) is 11.4. The van der Waals surface area contributed by atoms with Gasteiger partial charge in [0.05, 0.1) is 6.61 Å². The summed E-state index contributed by atoms with van der Waals surface area (Å²) in [5.74, 6) is 5.52. The van der Waals surface area contributed by atoms with Crippen molar-refractivity contribution in [2.75, 3.05) is 6.61 Å². The molecule has 0 saturated heterocycles. The van der Waals surface area contributed by atoms with Crippen molar-refractivity contribution in [1.29, 1.82) is 0 Å². The lowest BCUT2D eigenvalue weighted by Crippen LogP contribution is -2.44. The molecule has 0 radical (unpaired) electrons. The van der Waals surface area contributed by atoms with Crippen LogP contribution in [0.2, 0.25) is 0 Å². The van der Waals surface area contributed by atoms with E-state index in [0.29, 0.717) is 13.2 Å². The Balaban J connectivity index is 2.52. The summed E-state index contributed by atoms with van der Waals surface area (Å²) in [5, 5.41) is 1.48. The fourth-order valence-electron chi connectivity index (χ4n) is 1.33. The number of hydrogen-bond donors (Lipinski definition) is 1. The van der Waals surface area contributed by atoms with Crippen LogP contribution in [0.5, 0.6) is 0 Å². The van der Waals surface area contributed by atoms with Gasteiger partial charge in [-0.05, 0) is 19.4 Å². The molecule has 0 aromatic heterocycles. The number of ether oxygens (including phenoxy) is 1. The second-order valence-electron chi connectivity index (χ2n) is 3.59. The van der Waals surface area contributed by atoms with Gasteiger partial charge in [0.25, 0.3) is 0 Å². The molecule has 0 amide bonds. The minimum absolute atomic E-state index is 0.291. The number of rotatable bonds is 5. The van der Waals surface area contributed by atoms with Crippen LogP contribution in [0.1, 0.15) is 19.4 Å². The van der Waals surface area contributed by atoms with Crippen molar-refractivity contribution in [1.82, 2.24) is 5.01 Å². The van der Waals surface area contributed by atoms with Crippen molar-refractivity contribution >= 4 is 5.97 Å². The van der Waals surface area contributed by atoms with Crippen LogP contribution in [0.3, 0.4) is 0 Å². The van der Waals surface area contributed by atoms with Crippen LogP contribution >= 0.6 is 0 Å². The van der Waals surface area contributed by atoms with Gasteiger partial charge >= 0.3 is 5.97 Å². The van der Waals surface area contributed by atoms with Crippen LogP contribution in [0.15, 0.2) is 30.3 Å². The van der Waals surface area contributed by atoms with Crippen molar-refractivity contribution in [3.63, 3.8) is 0 Å². The Kier molecular flexibility index (Phi) is 4.95. The van der Waals surface area contributed by atoms with Crippen molar-refractivity contribution in [3.05, 3.63) is 35.9 Å². The molecule has 4 heteroatoms. The van der Waals surface area contributed by atoms with Gasteiger partial charge in [-0.25, -0.2) is 5.01 Å². The smallest absolute Gasteiger partial charge is 0.324 e. The molecule has 0 heterocycles. The van der Waals surface area contributed by atoms with E-state index in [4.69, 9.17) is 10.6 Å². The summed E-state index contributed by atoms with van der Waals surface area (Å²) in [6.07, 6.45) is 0. The predicted octanol–water partition coefficient (Wildman–Crippen LogP) is 1.31. The summed E-state index contributed by atoms with van der Waals surface area (Å²) in [6.45, 7) is 4.42. The highest BCUT2D eigenvalue weighted by molar-refractivity contribution is 5.75. The van der Waals surface area contributed by atoms with E-state index in [1.165, 1.54) is 5.01 Å². The summed E-state index contributed by atoms with van der Waals surface area (Å²) in [6, 6.07) is 9.34. The SMILES string of the molecule is CCOC(=O)C(C)N(N)Cc1ccccc1. The Morgan fingerprint density at radius 2 is 2.06 bits per heavy atom. The van der Waals surface area contributed by atoms with E-state index < -0.39 is 6.04 Å². The average molecular weight is 222 g/mol. The molecule has 88 valence electrons. The largest absolute Gasteiger partial charge is 0.465 e. The lowest BCUT2D eigenvalue weighted by atomic mass is 10.2. The van der Waals surface area contributed by atoms with Crippen LogP contribution in [0.25, 0.3) is 0 Å². The molecule has 1 aromatic rings. The number of nitrogens with two attached hydrogens (primary N) is 1. The molecule has 0 aliphatic heterocycles. The number of hydrogen-bond acceptors (Lipinski definition) is 4. The number of carbonyl (C=O) groups excluding carboxylic acids is 1. The molecule has 1 unspecified atom stereocenters. The molecule has 0 aliphatic carbocycles. The molecule has 1 aromatic carbocycles. The van der Waals surface area contributed by atoms with Crippen LogP contribution in [-0.4, -0.2) is 23.6 Å². The molecular formula is C12H18N2O2. The van der Waals surface area contributed by atoms with Crippen LogP contribution in [0.4, 0.5) is 0 Å². The molecular weight excluding hydrogens is 204 g/mol. The first-order chi connectivity index (χ1) is 7.65. The third-order valence-electron chi connectivity index (χ3n) is 2.33. The van der Waals surface area contributed by atoms with E-state index in [0.717, 1.165) is 5.56 Å². The van der Waals surface area contributed by atoms with E-state index in [9.17, 15) is 4.79 Å². The van der Waals surface area contributed by atoms with Crippen LogP contribution < -0.4 is 5.84 Å². The van der Waals surface area contributed by atoms with Gasteiger partial charge < -0.3 is 4.74 Å². The van der Waals surface area contributed by atoms with E-state index >= 15 is 0 Å². The highest BCUT2D eigenvalue weighted by Crippen LogP contribution is 2.05. The van der Waals surface area contributed by atoms with E-state index in [-0.39, 0.29) is 5.97 Å². The molecule has 16 heavy (non-hydrogen) atoms. The van der Waals surface area contributed by atoms with Gasteiger partial charge in [0.15, 0.2) is 0 Å². The molecule has 0 saturated carbocycles. The van der Waals surface area contributed by atoms with Gasteiger partial charge in [0, 0.05) is 6.54 Å². The molecule has 2 N–H and O–H groups in total. The monoisotopic (exact) mass is 222 g/mol. The average Bonchev–Trinajstić information content (AvgIpc) is 2.29. The molecule has 0 bridgehead atoms. The van der Waals surface area contributed by atoms with Gasteiger partial charge in [0.1, 0.15) is 6.04 Å². The molecule has 1 rings (SSSR count). The maximum atomic E-state index is 11.4. The zero-order valence-corrected chi connectivity index (χ0v) is 9.72. The predicted molar refractivity (Wildman–Crippen MR) is 62.3 cm³/mol. The normalized spacial score (nSPS) is 12.5. The molecule has 0 aliphatic rings. The third-order valence-corrected chi connectivity index (χ3v) is 2.33. The van der Waals surface area contributed by atoms with Gasteiger partial charge in [-0.15, -0.1) is 0 Å². The highest BCUT2D eigenvalue weighted by atomic mass is 16.5. The first kappa shape index (κ1) is 12.7. The fraction of sp³-hybridized carbons (Fsp3) is 0.417. The lowest BCUT2D eigenvalue weighted by Gasteiger charge is -2.22. The minimum Gasteiger partial charge on any atom is -0.465 e. The summed E-state index contributed by atoms with van der Waals surface area (Å²) in [5.41, 5.74) is 1.07. The fourth-order valence-corrected chi connectivity index (χ4v) is 1.33. The second kappa shape index (κ2) is 6.25. The van der Waals surface area contributed by atoms with Crippen molar-refractivity contribution in [2.24, 2.45) is 5.84 Å². The summed E-state index contributed by atoms with van der Waals surface area (Å²) in [7, 11) is 0. The van der Waals surface area contributed by atoms with Crippen molar-refractivity contribution < 1.29 is 9.53 Å². The van der Waals surface area contributed by atoms with Crippen molar-refractivity contribution in [2.45, 2.75) is 26.4 Å². The number of esters is 1. The van der Waals surface area contributed by atoms with E-state index in [1.807, 2.05) is 30.3 Å². The summed E-state index contributed by atoms with van der Waals surface area (Å²) >= 11 is 0. The maximum absolute atomic E-state index is 11.4. The maximum Gasteiger partial charge on any atom is 0.324 e. The number of carbonyl (C=O) groups is 1. The number of hydrazine groups is 1. The highest BCUT2D eigenvalue weighted by Gasteiger charge is 2.19. The van der Waals surface area contributed by atoms with E-state index in [2.05, 4.69) is 0 Å². The second-order valence-corrected chi connectivity index (χ2v) is 3.59. The Morgan fingerprint density at radius 3 is 2.62 bits per heavy atom. The zero-order valence-electron chi connectivity index (χ0n) is 9.72. The van der Waals surface area contributed by atoms with Crippen LogP contribution in [-0.2, 0) is 16.1 Å². The lowest BCUT2D eigenvalue weighted by molar-refractivity contribution is -0.149. The Hall–Kier alpha value is -1.39. The number of benzene rings is 1. The van der Waals surface area contributed by atoms with Crippen LogP contribution in [0, 0.1) is 0 Å². The zero-order chi connectivity index (χ0) is 12.0. The van der Waals surface area contributed by atoms with Gasteiger partial charge in [-0.3, -0.25) is 10.6 Å². The van der Waals surface area contributed by atoms with Gasteiger partial charge in [-0.2, -0.15) is 0 Å². The molecule has 4 nitrogen and oxygen atoms in total. The molecule has 0 fully saturated rings. The number of nitrogens with zero attached hydrogens (tertiary/aromatic N) is 1. The first-order valence-electron chi connectivity index (χ1n) is 5.37. The quantitative estimate of drug-likeness (QED) is 0.463. The Morgan fingerprint density at radius 1 is 1.44 bits per heavy atom. The van der Waals surface area contributed by atoms with Crippen molar-refractivity contribution in [3.8, 4) is 0 Å².